The molecule has 1 amide bonds. The average Bonchev–Trinajstić information content (AvgIpc) is 2.56. The van der Waals surface area contributed by atoms with Gasteiger partial charge < -0.3 is 29.8 Å². The molecular weight excluding hydrogens is 330 g/mol. The Morgan fingerprint density at radius 1 is 1.16 bits per heavy atom. The van der Waals surface area contributed by atoms with Crippen molar-refractivity contribution in [3.8, 4) is 23.0 Å². The van der Waals surface area contributed by atoms with Crippen molar-refractivity contribution in [2.45, 2.75) is 19.3 Å². The average molecular weight is 349 g/mol. The number of carbonyl (C=O) groups is 1. The molecule has 1 heterocycles. The minimum Gasteiger partial charge on any atom is -0.502 e. The van der Waals surface area contributed by atoms with E-state index in [1.165, 1.54) is 26.4 Å². The minimum absolute atomic E-state index is 0.0957. The van der Waals surface area contributed by atoms with Crippen LogP contribution in [-0.2, 0) is 4.79 Å². The van der Waals surface area contributed by atoms with Crippen molar-refractivity contribution in [1.29, 1.82) is 0 Å². The maximum absolute atomic E-state index is 11.9. The number of benzene rings is 1. The fraction of sp³-hybridized carbons (Fsp3) is 0.294. The van der Waals surface area contributed by atoms with Crippen LogP contribution in [0.1, 0.15) is 29.4 Å². The molecule has 134 valence electrons. The van der Waals surface area contributed by atoms with Gasteiger partial charge in [-0.3, -0.25) is 9.59 Å². The van der Waals surface area contributed by atoms with Gasteiger partial charge in [0.2, 0.25) is 22.8 Å². The number of rotatable bonds is 6. The first-order valence-electron chi connectivity index (χ1n) is 7.35. The van der Waals surface area contributed by atoms with E-state index >= 15 is 0 Å². The molecule has 8 nitrogen and oxygen atoms in total. The number of amides is 1. The standard InChI is InChI=1S/C17H19NO7/c1-8-4-11(19)15(21)17(25-8)10(7-14(18)20)9-5-12(23-2)16(22)13(6-9)24-3/h4-6,10,21-22H,7H2,1-3H3,(H2,18,20)/t10-/m0/s1. The lowest BCUT2D eigenvalue weighted by Crippen LogP contribution is -2.18. The number of nitrogens with two attached hydrogens (primary N) is 1. The Balaban J connectivity index is 2.71. The molecule has 0 aliphatic rings. The summed E-state index contributed by atoms with van der Waals surface area (Å²) in [6, 6.07) is 4.04. The van der Waals surface area contributed by atoms with Crippen LogP contribution in [-0.4, -0.2) is 30.3 Å². The van der Waals surface area contributed by atoms with E-state index in [1.54, 1.807) is 6.92 Å². The molecule has 0 unspecified atom stereocenters. The molecule has 2 rings (SSSR count). The second-order valence-corrected chi connectivity index (χ2v) is 5.43. The molecule has 4 N–H and O–H groups in total. The predicted molar refractivity (Wildman–Crippen MR) is 88.2 cm³/mol. The number of ether oxygens (including phenoxy) is 2. The van der Waals surface area contributed by atoms with Gasteiger partial charge in [0.1, 0.15) is 5.76 Å². The number of aryl methyl sites for hydroxylation is 1. The van der Waals surface area contributed by atoms with Gasteiger partial charge in [0.25, 0.3) is 0 Å². The first kappa shape index (κ1) is 18.2. The van der Waals surface area contributed by atoms with Gasteiger partial charge in [-0.1, -0.05) is 0 Å². The Hall–Kier alpha value is -3.16. The molecule has 8 heteroatoms. The number of hydrogen-bond donors (Lipinski definition) is 3. The Labute approximate surface area is 143 Å². The number of primary amides is 1. The normalized spacial score (nSPS) is 11.8. The summed E-state index contributed by atoms with van der Waals surface area (Å²) in [4.78, 5) is 23.4. The van der Waals surface area contributed by atoms with Crippen LogP contribution in [0, 0.1) is 6.92 Å². The van der Waals surface area contributed by atoms with Crippen molar-refractivity contribution in [3.63, 3.8) is 0 Å². The van der Waals surface area contributed by atoms with Crippen molar-refractivity contribution in [3.05, 3.63) is 45.5 Å². The molecule has 0 spiro atoms. The summed E-state index contributed by atoms with van der Waals surface area (Å²) in [5, 5.41) is 20.1. The monoisotopic (exact) mass is 349 g/mol. The highest BCUT2D eigenvalue weighted by Crippen LogP contribution is 2.42. The van der Waals surface area contributed by atoms with E-state index in [9.17, 15) is 19.8 Å². The van der Waals surface area contributed by atoms with Gasteiger partial charge in [-0.25, -0.2) is 0 Å². The number of phenolic OH excluding ortho intramolecular Hbond substituents is 1. The summed E-state index contributed by atoms with van der Waals surface area (Å²) < 4.78 is 15.7. The van der Waals surface area contributed by atoms with Gasteiger partial charge in [0.15, 0.2) is 17.3 Å². The van der Waals surface area contributed by atoms with Crippen LogP contribution in [0.5, 0.6) is 23.0 Å². The molecule has 0 radical (unpaired) electrons. The number of phenols is 1. The van der Waals surface area contributed by atoms with Crippen molar-refractivity contribution < 1.29 is 28.9 Å². The summed E-state index contributed by atoms with van der Waals surface area (Å²) in [7, 11) is 2.71. The van der Waals surface area contributed by atoms with Crippen molar-refractivity contribution >= 4 is 5.91 Å². The molecule has 1 aromatic heterocycles. The first-order valence-corrected chi connectivity index (χ1v) is 7.35. The second-order valence-electron chi connectivity index (χ2n) is 5.43. The Morgan fingerprint density at radius 3 is 2.20 bits per heavy atom. The van der Waals surface area contributed by atoms with E-state index in [4.69, 9.17) is 19.6 Å². The maximum Gasteiger partial charge on any atom is 0.227 e. The Morgan fingerprint density at radius 2 is 1.72 bits per heavy atom. The third-order valence-electron chi connectivity index (χ3n) is 3.70. The van der Waals surface area contributed by atoms with Gasteiger partial charge in [-0.15, -0.1) is 0 Å². The van der Waals surface area contributed by atoms with Crippen LogP contribution in [0.25, 0.3) is 0 Å². The van der Waals surface area contributed by atoms with Crippen molar-refractivity contribution in [1.82, 2.24) is 0 Å². The van der Waals surface area contributed by atoms with Gasteiger partial charge in [-0.05, 0) is 24.6 Å². The fourth-order valence-corrected chi connectivity index (χ4v) is 2.54. The van der Waals surface area contributed by atoms with E-state index in [1.807, 2.05) is 0 Å². The SMILES string of the molecule is COc1cc([C@H](CC(N)=O)c2oc(C)cc(=O)c2O)cc(OC)c1O. The molecule has 0 saturated carbocycles. The zero-order valence-corrected chi connectivity index (χ0v) is 14.0. The summed E-state index contributed by atoms with van der Waals surface area (Å²) in [5.74, 6) is -2.00. The summed E-state index contributed by atoms with van der Waals surface area (Å²) in [6.45, 7) is 1.55. The van der Waals surface area contributed by atoms with Gasteiger partial charge >= 0.3 is 0 Å². The second kappa shape index (κ2) is 7.16. The smallest absolute Gasteiger partial charge is 0.227 e. The summed E-state index contributed by atoms with van der Waals surface area (Å²) in [6.07, 6.45) is -0.239. The number of methoxy groups -OCH3 is 2. The zero-order valence-electron chi connectivity index (χ0n) is 14.0. The number of carbonyl (C=O) groups excluding carboxylic acids is 1. The van der Waals surface area contributed by atoms with Crippen LogP contribution in [0.2, 0.25) is 0 Å². The summed E-state index contributed by atoms with van der Waals surface area (Å²) in [5.41, 5.74) is 5.09. The van der Waals surface area contributed by atoms with E-state index < -0.39 is 23.0 Å². The lowest BCUT2D eigenvalue weighted by Gasteiger charge is -2.19. The molecule has 1 aromatic carbocycles. The largest absolute Gasteiger partial charge is 0.502 e. The molecule has 2 aromatic rings. The van der Waals surface area contributed by atoms with Gasteiger partial charge in [-0.2, -0.15) is 0 Å². The van der Waals surface area contributed by atoms with E-state index in [0.29, 0.717) is 5.56 Å². The van der Waals surface area contributed by atoms with Gasteiger partial charge in [0, 0.05) is 12.5 Å². The molecule has 25 heavy (non-hydrogen) atoms. The molecule has 0 bridgehead atoms. The molecule has 0 aliphatic carbocycles. The van der Waals surface area contributed by atoms with Crippen LogP contribution < -0.4 is 20.6 Å². The molecule has 0 aliphatic heterocycles. The lowest BCUT2D eigenvalue weighted by atomic mass is 9.91. The van der Waals surface area contributed by atoms with E-state index in [2.05, 4.69) is 0 Å². The summed E-state index contributed by atoms with van der Waals surface area (Å²) >= 11 is 0. The van der Waals surface area contributed by atoms with Crippen LogP contribution >= 0.6 is 0 Å². The maximum atomic E-state index is 11.9. The fourth-order valence-electron chi connectivity index (χ4n) is 2.54. The highest BCUT2D eigenvalue weighted by molar-refractivity contribution is 5.75. The Bertz CT molecular complexity index is 832. The molecule has 0 saturated heterocycles. The quantitative estimate of drug-likeness (QED) is 0.717. The molecule has 1 atom stereocenters. The molecular formula is C17H19NO7. The highest BCUT2D eigenvalue weighted by atomic mass is 16.5. The van der Waals surface area contributed by atoms with Crippen molar-refractivity contribution in [2.24, 2.45) is 5.73 Å². The third-order valence-corrected chi connectivity index (χ3v) is 3.70. The predicted octanol–water partition coefficient (Wildman–Crippen LogP) is 1.38. The van der Waals surface area contributed by atoms with Crippen LogP contribution in [0.3, 0.4) is 0 Å². The zero-order chi connectivity index (χ0) is 18.7. The van der Waals surface area contributed by atoms with E-state index in [0.717, 1.165) is 6.07 Å². The minimum atomic E-state index is -0.867. The van der Waals surface area contributed by atoms with Crippen LogP contribution in [0.4, 0.5) is 0 Å². The van der Waals surface area contributed by atoms with E-state index in [-0.39, 0.29) is 35.2 Å². The van der Waals surface area contributed by atoms with Crippen molar-refractivity contribution in [2.75, 3.05) is 14.2 Å². The number of hydrogen-bond acceptors (Lipinski definition) is 7. The first-order chi connectivity index (χ1) is 11.8. The number of aromatic hydroxyl groups is 2. The van der Waals surface area contributed by atoms with Gasteiger partial charge in [0.05, 0.1) is 20.1 Å². The highest BCUT2D eigenvalue weighted by Gasteiger charge is 2.27. The third kappa shape index (κ3) is 3.68. The lowest BCUT2D eigenvalue weighted by molar-refractivity contribution is -0.118. The topological polar surface area (TPSA) is 132 Å². The van der Waals surface area contributed by atoms with Crippen LogP contribution in [0.15, 0.2) is 27.4 Å². The Kier molecular flexibility index (Phi) is 5.21. The molecule has 0 fully saturated rings.